The molecule has 14 heavy (non-hydrogen) atoms. The molecule has 0 aromatic heterocycles. The summed E-state index contributed by atoms with van der Waals surface area (Å²) < 4.78 is 0. The fourth-order valence-corrected chi connectivity index (χ4v) is 2.27. The standard InChI is InChI=1S/C12H17ClS/c1-2-11(13)7-6-10-14-12-8-4-3-5-9-12/h3-5,8-9,11H,2,6-7,10H2,1H3. The molecule has 0 heterocycles. The van der Waals surface area contributed by atoms with Crippen molar-refractivity contribution in [3.05, 3.63) is 30.3 Å². The SMILES string of the molecule is CCC(Cl)CCCSc1ccccc1. The van der Waals surface area contributed by atoms with Gasteiger partial charge in [-0.2, -0.15) is 0 Å². The lowest BCUT2D eigenvalue weighted by Gasteiger charge is -2.05. The molecule has 0 amide bonds. The summed E-state index contributed by atoms with van der Waals surface area (Å²) in [5, 5.41) is 0.367. The van der Waals surface area contributed by atoms with E-state index in [0.29, 0.717) is 5.38 Å². The largest absolute Gasteiger partial charge is 0.126 e. The van der Waals surface area contributed by atoms with E-state index in [1.807, 2.05) is 11.8 Å². The fourth-order valence-electron chi connectivity index (χ4n) is 1.22. The van der Waals surface area contributed by atoms with Crippen molar-refractivity contribution in [1.82, 2.24) is 0 Å². The second kappa shape index (κ2) is 7.19. The van der Waals surface area contributed by atoms with E-state index >= 15 is 0 Å². The zero-order valence-electron chi connectivity index (χ0n) is 8.58. The van der Waals surface area contributed by atoms with Gasteiger partial charge < -0.3 is 0 Å². The van der Waals surface area contributed by atoms with E-state index in [9.17, 15) is 0 Å². The highest BCUT2D eigenvalue weighted by molar-refractivity contribution is 7.99. The Labute approximate surface area is 96.0 Å². The number of hydrogen-bond acceptors (Lipinski definition) is 1. The zero-order valence-corrected chi connectivity index (χ0v) is 10.2. The quantitative estimate of drug-likeness (QED) is 0.390. The molecule has 2 heteroatoms. The molecule has 1 rings (SSSR count). The zero-order chi connectivity index (χ0) is 10.2. The topological polar surface area (TPSA) is 0 Å². The molecule has 0 saturated heterocycles. The second-order valence-corrected chi connectivity index (χ2v) is 5.09. The van der Waals surface area contributed by atoms with Crippen molar-refractivity contribution >= 4 is 23.4 Å². The third-order valence-corrected chi connectivity index (χ3v) is 3.74. The van der Waals surface area contributed by atoms with Gasteiger partial charge >= 0.3 is 0 Å². The number of hydrogen-bond donors (Lipinski definition) is 0. The molecular weight excluding hydrogens is 212 g/mol. The third-order valence-electron chi connectivity index (χ3n) is 2.12. The van der Waals surface area contributed by atoms with Gasteiger partial charge in [0.25, 0.3) is 0 Å². The lowest BCUT2D eigenvalue weighted by molar-refractivity contribution is 0.716. The number of halogens is 1. The summed E-state index contributed by atoms with van der Waals surface area (Å²) in [6, 6.07) is 10.5. The molecule has 0 aliphatic carbocycles. The highest BCUT2D eigenvalue weighted by Gasteiger charge is 2.00. The second-order valence-electron chi connectivity index (χ2n) is 3.31. The molecule has 0 saturated carbocycles. The minimum atomic E-state index is 0.367. The van der Waals surface area contributed by atoms with Crippen molar-refractivity contribution in [2.24, 2.45) is 0 Å². The number of alkyl halides is 1. The van der Waals surface area contributed by atoms with Crippen LogP contribution in [0.5, 0.6) is 0 Å². The maximum absolute atomic E-state index is 6.04. The summed E-state index contributed by atoms with van der Waals surface area (Å²) in [7, 11) is 0. The summed E-state index contributed by atoms with van der Waals surface area (Å²) in [5.41, 5.74) is 0. The molecule has 0 aliphatic rings. The van der Waals surface area contributed by atoms with Crippen LogP contribution in [0.3, 0.4) is 0 Å². The average molecular weight is 229 g/mol. The van der Waals surface area contributed by atoms with Gasteiger partial charge in [-0.05, 0) is 37.1 Å². The van der Waals surface area contributed by atoms with E-state index < -0.39 is 0 Å². The van der Waals surface area contributed by atoms with Crippen molar-refractivity contribution in [3.8, 4) is 0 Å². The molecule has 0 nitrogen and oxygen atoms in total. The number of thioether (sulfide) groups is 1. The monoisotopic (exact) mass is 228 g/mol. The molecule has 0 aliphatic heterocycles. The molecule has 0 radical (unpaired) electrons. The van der Waals surface area contributed by atoms with Crippen LogP contribution in [-0.2, 0) is 0 Å². The Bertz CT molecular complexity index is 235. The Hall–Kier alpha value is -0.140. The molecule has 0 N–H and O–H groups in total. The van der Waals surface area contributed by atoms with Gasteiger partial charge in [0.2, 0.25) is 0 Å². The van der Waals surface area contributed by atoms with Crippen LogP contribution in [0.4, 0.5) is 0 Å². The third kappa shape index (κ3) is 4.92. The predicted molar refractivity (Wildman–Crippen MR) is 66.3 cm³/mol. The molecular formula is C12H17ClS. The van der Waals surface area contributed by atoms with E-state index in [1.165, 1.54) is 17.1 Å². The first-order valence-corrected chi connectivity index (χ1v) is 6.57. The Morgan fingerprint density at radius 1 is 1.29 bits per heavy atom. The van der Waals surface area contributed by atoms with Gasteiger partial charge in [-0.1, -0.05) is 25.1 Å². The Balaban J connectivity index is 2.10. The first-order chi connectivity index (χ1) is 6.83. The van der Waals surface area contributed by atoms with Crippen LogP contribution in [0.1, 0.15) is 26.2 Å². The number of rotatable bonds is 6. The maximum atomic E-state index is 6.04. The van der Waals surface area contributed by atoms with Crippen LogP contribution in [0, 0.1) is 0 Å². The fraction of sp³-hybridized carbons (Fsp3) is 0.500. The van der Waals surface area contributed by atoms with Crippen LogP contribution in [0.15, 0.2) is 35.2 Å². The first kappa shape index (κ1) is 11.9. The summed E-state index contributed by atoms with van der Waals surface area (Å²) in [6.07, 6.45) is 3.43. The van der Waals surface area contributed by atoms with Gasteiger partial charge in [0.05, 0.1) is 0 Å². The Kier molecular flexibility index (Phi) is 6.13. The van der Waals surface area contributed by atoms with Gasteiger partial charge in [0, 0.05) is 10.3 Å². The molecule has 1 aromatic carbocycles. The van der Waals surface area contributed by atoms with Crippen LogP contribution in [-0.4, -0.2) is 11.1 Å². The minimum absolute atomic E-state index is 0.367. The highest BCUT2D eigenvalue weighted by atomic mass is 35.5. The van der Waals surface area contributed by atoms with E-state index in [2.05, 4.69) is 37.3 Å². The van der Waals surface area contributed by atoms with Crippen molar-refractivity contribution < 1.29 is 0 Å². The van der Waals surface area contributed by atoms with Crippen molar-refractivity contribution in [2.75, 3.05) is 5.75 Å². The normalized spacial score (nSPS) is 12.7. The lowest BCUT2D eigenvalue weighted by Crippen LogP contribution is -1.96. The minimum Gasteiger partial charge on any atom is -0.126 e. The Morgan fingerprint density at radius 2 is 2.00 bits per heavy atom. The van der Waals surface area contributed by atoms with E-state index in [-0.39, 0.29) is 0 Å². The molecule has 1 atom stereocenters. The van der Waals surface area contributed by atoms with Gasteiger partial charge in [-0.25, -0.2) is 0 Å². The maximum Gasteiger partial charge on any atom is 0.0333 e. The summed E-state index contributed by atoms with van der Waals surface area (Å²) in [4.78, 5) is 1.36. The smallest absolute Gasteiger partial charge is 0.0333 e. The lowest BCUT2D eigenvalue weighted by atomic mass is 10.2. The van der Waals surface area contributed by atoms with Crippen molar-refractivity contribution in [3.63, 3.8) is 0 Å². The van der Waals surface area contributed by atoms with Gasteiger partial charge in [-0.15, -0.1) is 23.4 Å². The van der Waals surface area contributed by atoms with Crippen molar-refractivity contribution in [2.45, 2.75) is 36.5 Å². The molecule has 1 unspecified atom stereocenters. The van der Waals surface area contributed by atoms with Crippen LogP contribution in [0.2, 0.25) is 0 Å². The van der Waals surface area contributed by atoms with Gasteiger partial charge in [0.15, 0.2) is 0 Å². The highest BCUT2D eigenvalue weighted by Crippen LogP contribution is 2.20. The summed E-state index contributed by atoms with van der Waals surface area (Å²) >= 11 is 7.95. The molecule has 0 fully saturated rings. The first-order valence-electron chi connectivity index (χ1n) is 5.15. The van der Waals surface area contributed by atoms with Crippen LogP contribution in [0.25, 0.3) is 0 Å². The predicted octanol–water partition coefficient (Wildman–Crippen LogP) is 4.58. The average Bonchev–Trinajstić information content (AvgIpc) is 2.25. The van der Waals surface area contributed by atoms with E-state index in [4.69, 9.17) is 11.6 Å². The van der Waals surface area contributed by atoms with Crippen LogP contribution >= 0.6 is 23.4 Å². The molecule has 1 aromatic rings. The van der Waals surface area contributed by atoms with E-state index in [0.717, 1.165) is 12.8 Å². The van der Waals surface area contributed by atoms with Gasteiger partial charge in [-0.3, -0.25) is 0 Å². The van der Waals surface area contributed by atoms with Gasteiger partial charge in [0.1, 0.15) is 0 Å². The Morgan fingerprint density at radius 3 is 2.64 bits per heavy atom. The molecule has 78 valence electrons. The summed E-state index contributed by atoms with van der Waals surface area (Å²) in [5.74, 6) is 1.17. The van der Waals surface area contributed by atoms with E-state index in [1.54, 1.807) is 0 Å². The summed E-state index contributed by atoms with van der Waals surface area (Å²) in [6.45, 7) is 2.14. The van der Waals surface area contributed by atoms with Crippen molar-refractivity contribution in [1.29, 1.82) is 0 Å². The van der Waals surface area contributed by atoms with Crippen LogP contribution < -0.4 is 0 Å². The number of benzene rings is 1. The molecule has 0 spiro atoms. The molecule has 0 bridgehead atoms.